The van der Waals surface area contributed by atoms with E-state index in [2.05, 4.69) is 73.9 Å². The van der Waals surface area contributed by atoms with Crippen LogP contribution < -0.4 is 5.19 Å². The zero-order valence-corrected chi connectivity index (χ0v) is 30.2. The van der Waals surface area contributed by atoms with Crippen LogP contribution in [0.4, 0.5) is 8.78 Å². The topological polar surface area (TPSA) is 38.9 Å². The number of pyridine rings is 2. The molecule has 0 fully saturated rings. The second-order valence-electron chi connectivity index (χ2n) is 12.9. The number of nitrogens with zero attached hydrogens (tertiary/aromatic N) is 2. The summed E-state index contributed by atoms with van der Waals surface area (Å²) < 4.78 is 33.2. The van der Waals surface area contributed by atoms with Crippen molar-refractivity contribution in [2.45, 2.75) is 59.7 Å². The number of rotatable bonds is 6. The maximum atomic E-state index is 13.9. The summed E-state index contributed by atoms with van der Waals surface area (Å²) in [6.45, 7) is 15.6. The van der Waals surface area contributed by atoms with Crippen molar-refractivity contribution in [1.82, 2.24) is 9.97 Å². The fourth-order valence-corrected chi connectivity index (χ4v) is 7.01. The van der Waals surface area contributed by atoms with Crippen molar-refractivity contribution >= 4 is 35.2 Å². The number of aromatic nitrogens is 2. The van der Waals surface area contributed by atoms with Crippen LogP contribution in [0.15, 0.2) is 83.5 Å². The van der Waals surface area contributed by atoms with Crippen LogP contribution in [-0.2, 0) is 26.5 Å². The van der Waals surface area contributed by atoms with Gasteiger partial charge in [-0.15, -0.1) is 54.1 Å². The summed E-state index contributed by atoms with van der Waals surface area (Å²) >= 11 is 0. The van der Waals surface area contributed by atoms with Crippen LogP contribution in [0.25, 0.3) is 44.5 Å². The quantitative estimate of drug-likeness (QED) is 0.125. The smallest absolute Gasteiger partial charge is 0.143 e. The standard InChI is InChI=1S/C20H14F2NO.C18H24NSi.Ir/c1-11(2)16-9-18(23-10-17(16)22)15-5-3-4-14-13-7-6-12(21)8-19(13)24-20(14)15;1-14(2)11-16-12-17(15-9-7-6-8-10-15)19-13-18(16)20(3,4)5;/h3-4,6-11H,1-2H3;6-9,12-14H,11H2,1-5H3;/q2*-1;. The third-order valence-electron chi connectivity index (χ3n) is 7.57. The molecule has 0 aliphatic rings. The predicted octanol–water partition coefficient (Wildman–Crippen LogP) is 10.1. The first kappa shape index (κ1) is 34.4. The van der Waals surface area contributed by atoms with Crippen LogP contribution in [-0.4, -0.2) is 18.0 Å². The normalized spacial score (nSPS) is 11.5. The molecule has 0 N–H and O–H groups in total. The summed E-state index contributed by atoms with van der Waals surface area (Å²) in [5, 5.41) is 3.18. The minimum atomic E-state index is -1.34. The molecular formula is C38H38F2IrN2OSi-2. The fourth-order valence-electron chi connectivity index (χ4n) is 5.42. The van der Waals surface area contributed by atoms with Gasteiger partial charge in [-0.25, -0.2) is 8.78 Å². The van der Waals surface area contributed by atoms with Crippen molar-refractivity contribution in [2.75, 3.05) is 0 Å². The van der Waals surface area contributed by atoms with Crippen LogP contribution in [0.3, 0.4) is 0 Å². The molecule has 7 heteroatoms. The molecule has 3 aromatic heterocycles. The Morgan fingerprint density at radius 1 is 0.822 bits per heavy atom. The molecular weight excluding hydrogens is 759 g/mol. The van der Waals surface area contributed by atoms with Crippen molar-refractivity contribution < 1.29 is 33.3 Å². The molecule has 6 rings (SSSR count). The van der Waals surface area contributed by atoms with Crippen LogP contribution in [0.2, 0.25) is 19.6 Å². The van der Waals surface area contributed by atoms with E-state index in [0.29, 0.717) is 33.9 Å². The van der Waals surface area contributed by atoms with E-state index in [0.717, 1.165) is 28.5 Å². The number of hydrogen-bond donors (Lipinski definition) is 0. The molecule has 0 saturated heterocycles. The van der Waals surface area contributed by atoms with Gasteiger partial charge in [-0.2, -0.15) is 0 Å². The Morgan fingerprint density at radius 3 is 2.24 bits per heavy atom. The van der Waals surface area contributed by atoms with Crippen LogP contribution in [0.5, 0.6) is 0 Å². The van der Waals surface area contributed by atoms with Crippen LogP contribution in [0, 0.1) is 29.7 Å². The van der Waals surface area contributed by atoms with Crippen molar-refractivity contribution in [3.05, 3.63) is 114 Å². The molecule has 3 aromatic carbocycles. The van der Waals surface area contributed by atoms with Gasteiger partial charge in [0.25, 0.3) is 0 Å². The van der Waals surface area contributed by atoms with Gasteiger partial charge in [0, 0.05) is 37.8 Å². The SMILES string of the molecule is CC(C)Cc1cc(-c2[c-]cccc2)ncc1[Si](C)(C)C.CC(C)c1cc(-c2[c-]ccc3c2oc2cc(F)ccc23)ncc1F.[Ir]. The summed E-state index contributed by atoms with van der Waals surface area (Å²) in [6, 6.07) is 26.6. The first-order valence-electron chi connectivity index (χ1n) is 15.1. The largest absolute Gasteiger partial charge is 0.500 e. The van der Waals surface area contributed by atoms with E-state index in [-0.39, 0.29) is 37.7 Å². The van der Waals surface area contributed by atoms with Gasteiger partial charge in [0.1, 0.15) is 17.2 Å². The number of benzene rings is 3. The summed E-state index contributed by atoms with van der Waals surface area (Å²) in [7, 11) is -1.34. The molecule has 0 aliphatic carbocycles. The molecule has 1 radical (unpaired) electrons. The van der Waals surface area contributed by atoms with Gasteiger partial charge in [-0.3, -0.25) is 0 Å². The van der Waals surface area contributed by atoms with Gasteiger partial charge in [-0.1, -0.05) is 76.0 Å². The average molecular weight is 797 g/mol. The Balaban J connectivity index is 0.000000204. The Kier molecular flexibility index (Phi) is 10.9. The van der Waals surface area contributed by atoms with Gasteiger partial charge >= 0.3 is 0 Å². The van der Waals surface area contributed by atoms with Gasteiger partial charge in [0.15, 0.2) is 0 Å². The number of halogens is 2. The second kappa shape index (κ2) is 14.3. The first-order chi connectivity index (χ1) is 20.9. The number of furan rings is 1. The van der Waals surface area contributed by atoms with Crippen LogP contribution in [0.1, 0.15) is 44.7 Å². The Hall–Kier alpha value is -3.51. The number of hydrogen-bond acceptors (Lipinski definition) is 3. The maximum absolute atomic E-state index is 13.9. The second-order valence-corrected chi connectivity index (χ2v) is 18.0. The molecule has 0 unspecified atom stereocenters. The van der Waals surface area contributed by atoms with E-state index >= 15 is 0 Å². The number of fused-ring (bicyclic) bond motifs is 3. The molecule has 0 bridgehead atoms. The fraction of sp³-hybridized carbons (Fsp3) is 0.263. The Morgan fingerprint density at radius 2 is 1.58 bits per heavy atom. The minimum absolute atomic E-state index is 0. The maximum Gasteiger partial charge on any atom is 0.143 e. The Bertz CT molecular complexity index is 1910. The summed E-state index contributed by atoms with van der Waals surface area (Å²) in [5.74, 6) is 0.0255. The van der Waals surface area contributed by atoms with E-state index in [9.17, 15) is 8.78 Å². The molecule has 3 heterocycles. The van der Waals surface area contributed by atoms with E-state index < -0.39 is 8.07 Å². The van der Waals surface area contributed by atoms with E-state index in [1.54, 1.807) is 18.2 Å². The molecule has 0 saturated carbocycles. The summed E-state index contributed by atoms with van der Waals surface area (Å²) in [6.07, 6.45) is 4.46. The van der Waals surface area contributed by atoms with Gasteiger partial charge in [-0.05, 0) is 52.5 Å². The van der Waals surface area contributed by atoms with Crippen LogP contribution >= 0.6 is 0 Å². The molecule has 0 atom stereocenters. The van der Waals surface area contributed by atoms with Crippen molar-refractivity contribution in [2.24, 2.45) is 5.92 Å². The molecule has 6 aromatic rings. The molecule has 235 valence electrons. The molecule has 45 heavy (non-hydrogen) atoms. The summed E-state index contributed by atoms with van der Waals surface area (Å²) in [5.41, 5.74) is 6.47. The molecule has 0 spiro atoms. The van der Waals surface area contributed by atoms with E-state index in [1.807, 2.05) is 38.1 Å². The molecule has 3 nitrogen and oxygen atoms in total. The van der Waals surface area contributed by atoms with Gasteiger partial charge in [0.2, 0.25) is 0 Å². The monoisotopic (exact) mass is 797 g/mol. The Labute approximate surface area is 279 Å². The van der Waals surface area contributed by atoms with Gasteiger partial charge < -0.3 is 14.4 Å². The van der Waals surface area contributed by atoms with Crippen molar-refractivity contribution in [3.63, 3.8) is 0 Å². The first-order valence-corrected chi connectivity index (χ1v) is 18.6. The zero-order chi connectivity index (χ0) is 31.6. The third kappa shape index (κ3) is 7.83. The third-order valence-corrected chi connectivity index (χ3v) is 9.64. The van der Waals surface area contributed by atoms with Gasteiger partial charge in [0.05, 0.1) is 19.9 Å². The van der Waals surface area contributed by atoms with E-state index in [1.165, 1.54) is 29.1 Å². The van der Waals surface area contributed by atoms with Crippen molar-refractivity contribution in [1.29, 1.82) is 0 Å². The summed E-state index contributed by atoms with van der Waals surface area (Å²) in [4.78, 5) is 8.88. The molecule has 0 amide bonds. The zero-order valence-electron chi connectivity index (χ0n) is 26.8. The minimum Gasteiger partial charge on any atom is -0.500 e. The van der Waals surface area contributed by atoms with Crippen molar-refractivity contribution in [3.8, 4) is 22.5 Å². The average Bonchev–Trinajstić information content (AvgIpc) is 3.35. The van der Waals surface area contributed by atoms with E-state index in [4.69, 9.17) is 4.42 Å². The predicted molar refractivity (Wildman–Crippen MR) is 180 cm³/mol. The molecule has 0 aliphatic heterocycles.